The number of piperidine rings is 1. The van der Waals surface area contributed by atoms with Gasteiger partial charge in [-0.15, -0.1) is 0 Å². The van der Waals surface area contributed by atoms with Crippen LogP contribution in [0.3, 0.4) is 0 Å². The van der Waals surface area contributed by atoms with Gasteiger partial charge in [0.2, 0.25) is 0 Å². The van der Waals surface area contributed by atoms with E-state index in [1.165, 1.54) is 50.9 Å². The molecular formula is C17H27N3. The van der Waals surface area contributed by atoms with Crippen molar-refractivity contribution in [1.29, 1.82) is 0 Å². The molecule has 1 N–H and O–H groups in total. The van der Waals surface area contributed by atoms with Crippen LogP contribution in [0, 0.1) is 11.8 Å². The average molecular weight is 273 g/mol. The third-order valence-corrected chi connectivity index (χ3v) is 5.30. The van der Waals surface area contributed by atoms with E-state index in [1.54, 1.807) is 0 Å². The fourth-order valence-corrected chi connectivity index (χ4v) is 3.82. The van der Waals surface area contributed by atoms with E-state index in [0.29, 0.717) is 6.04 Å². The number of nitrogens with zero attached hydrogens (tertiary/aromatic N) is 2. The van der Waals surface area contributed by atoms with Crippen molar-refractivity contribution in [1.82, 2.24) is 10.3 Å². The van der Waals surface area contributed by atoms with Crippen molar-refractivity contribution in [2.24, 2.45) is 11.8 Å². The summed E-state index contributed by atoms with van der Waals surface area (Å²) in [5, 5.41) is 3.24. The van der Waals surface area contributed by atoms with Crippen LogP contribution in [0.4, 0.5) is 5.69 Å². The number of anilines is 1. The molecule has 1 saturated heterocycles. The minimum atomic E-state index is 0.327. The van der Waals surface area contributed by atoms with Crippen molar-refractivity contribution in [2.75, 3.05) is 25.0 Å². The van der Waals surface area contributed by atoms with Crippen LogP contribution < -0.4 is 10.2 Å². The molecule has 3 rings (SSSR count). The molecule has 1 aromatic heterocycles. The van der Waals surface area contributed by atoms with E-state index in [-0.39, 0.29) is 0 Å². The van der Waals surface area contributed by atoms with Crippen molar-refractivity contribution in [2.45, 2.75) is 45.1 Å². The van der Waals surface area contributed by atoms with E-state index in [2.05, 4.69) is 40.5 Å². The van der Waals surface area contributed by atoms with E-state index >= 15 is 0 Å². The normalized spacial score (nSPS) is 28.0. The molecule has 3 atom stereocenters. The third kappa shape index (κ3) is 2.83. The maximum Gasteiger partial charge on any atom is 0.0571 e. The lowest BCUT2D eigenvalue weighted by Gasteiger charge is -2.42. The molecule has 3 heteroatoms. The molecular weight excluding hydrogens is 246 g/mol. The average Bonchev–Trinajstić information content (AvgIpc) is 2.54. The number of aromatic nitrogens is 1. The highest BCUT2D eigenvalue weighted by Crippen LogP contribution is 2.37. The van der Waals surface area contributed by atoms with E-state index < -0.39 is 0 Å². The summed E-state index contributed by atoms with van der Waals surface area (Å²) in [6, 6.07) is 4.75. The first kappa shape index (κ1) is 13.9. The van der Waals surface area contributed by atoms with Crippen LogP contribution in [0.5, 0.6) is 0 Å². The smallest absolute Gasteiger partial charge is 0.0571 e. The highest BCUT2D eigenvalue weighted by Gasteiger charge is 2.31. The summed E-state index contributed by atoms with van der Waals surface area (Å²) in [7, 11) is 1.98. The minimum absolute atomic E-state index is 0.327. The summed E-state index contributed by atoms with van der Waals surface area (Å²) in [5.41, 5.74) is 2.44. The number of rotatable bonds is 3. The molecule has 2 fully saturated rings. The van der Waals surface area contributed by atoms with Crippen molar-refractivity contribution in [3.8, 4) is 0 Å². The van der Waals surface area contributed by atoms with Crippen molar-refractivity contribution < 1.29 is 0 Å². The van der Waals surface area contributed by atoms with Crippen molar-refractivity contribution >= 4 is 5.69 Å². The number of hydrogen-bond acceptors (Lipinski definition) is 3. The quantitative estimate of drug-likeness (QED) is 0.915. The molecule has 2 heterocycles. The van der Waals surface area contributed by atoms with E-state index in [1.807, 2.05) is 7.05 Å². The van der Waals surface area contributed by atoms with Crippen LogP contribution in [-0.2, 0) is 0 Å². The third-order valence-electron chi connectivity index (χ3n) is 5.30. The van der Waals surface area contributed by atoms with Crippen molar-refractivity contribution in [3.63, 3.8) is 0 Å². The van der Waals surface area contributed by atoms with Gasteiger partial charge in [-0.1, -0.05) is 19.3 Å². The Balaban J connectivity index is 1.67. The fourth-order valence-electron chi connectivity index (χ4n) is 3.82. The molecule has 0 aromatic carbocycles. The highest BCUT2D eigenvalue weighted by atomic mass is 15.1. The van der Waals surface area contributed by atoms with Crippen LogP contribution in [0.25, 0.3) is 0 Å². The molecule has 2 aliphatic rings. The summed E-state index contributed by atoms with van der Waals surface area (Å²) in [5.74, 6) is 1.92. The van der Waals surface area contributed by atoms with Gasteiger partial charge in [-0.25, -0.2) is 0 Å². The molecule has 1 aromatic rings. The Labute approximate surface area is 122 Å². The maximum absolute atomic E-state index is 4.62. The minimum Gasteiger partial charge on any atom is -0.370 e. The lowest BCUT2D eigenvalue weighted by atomic mass is 9.75. The van der Waals surface area contributed by atoms with E-state index in [0.717, 1.165) is 17.5 Å². The zero-order valence-corrected chi connectivity index (χ0v) is 12.8. The monoisotopic (exact) mass is 273 g/mol. The Bertz CT molecular complexity index is 428. The molecule has 0 bridgehead atoms. The predicted octanol–water partition coefficient (Wildman–Crippen LogP) is 3.38. The topological polar surface area (TPSA) is 28.2 Å². The summed E-state index contributed by atoms with van der Waals surface area (Å²) in [4.78, 5) is 7.17. The number of pyridine rings is 1. The summed E-state index contributed by atoms with van der Waals surface area (Å²) >= 11 is 0. The molecule has 1 aliphatic carbocycles. The molecule has 1 saturated carbocycles. The van der Waals surface area contributed by atoms with Gasteiger partial charge in [-0.05, 0) is 50.8 Å². The van der Waals surface area contributed by atoms with Gasteiger partial charge in [0.05, 0.1) is 17.6 Å². The molecule has 110 valence electrons. The van der Waals surface area contributed by atoms with Crippen LogP contribution in [0.15, 0.2) is 18.3 Å². The number of nitrogens with one attached hydrogen (secondary N) is 1. The highest BCUT2D eigenvalue weighted by molar-refractivity contribution is 5.45. The second-order valence-electron chi connectivity index (χ2n) is 6.49. The van der Waals surface area contributed by atoms with Crippen molar-refractivity contribution in [3.05, 3.63) is 24.0 Å². The summed E-state index contributed by atoms with van der Waals surface area (Å²) in [6.07, 6.45) is 9.23. The zero-order valence-electron chi connectivity index (χ0n) is 12.8. The van der Waals surface area contributed by atoms with Gasteiger partial charge in [-0.3, -0.25) is 4.98 Å². The Hall–Kier alpha value is -1.09. The second-order valence-corrected chi connectivity index (χ2v) is 6.49. The van der Waals surface area contributed by atoms with Gasteiger partial charge in [0.25, 0.3) is 0 Å². The van der Waals surface area contributed by atoms with Crippen LogP contribution in [-0.4, -0.2) is 25.1 Å². The zero-order chi connectivity index (χ0) is 13.9. The van der Waals surface area contributed by atoms with Gasteiger partial charge >= 0.3 is 0 Å². The summed E-state index contributed by atoms with van der Waals surface area (Å²) in [6.45, 7) is 4.60. The lowest BCUT2D eigenvalue weighted by molar-refractivity contribution is 0.202. The maximum atomic E-state index is 4.62. The Morgan fingerprint density at radius 3 is 2.70 bits per heavy atom. The molecule has 3 unspecified atom stereocenters. The molecule has 1 aliphatic heterocycles. The van der Waals surface area contributed by atoms with Crippen LogP contribution in [0.1, 0.15) is 50.8 Å². The van der Waals surface area contributed by atoms with Crippen LogP contribution in [0.2, 0.25) is 0 Å². The number of fused-ring (bicyclic) bond motifs is 1. The molecule has 20 heavy (non-hydrogen) atoms. The van der Waals surface area contributed by atoms with Gasteiger partial charge in [0, 0.05) is 19.1 Å². The predicted molar refractivity (Wildman–Crippen MR) is 84.0 cm³/mol. The SMILES string of the molecule is CNC(C)c1ccc(N2CCC3CCCCC3C2)cn1. The van der Waals surface area contributed by atoms with E-state index in [9.17, 15) is 0 Å². The Morgan fingerprint density at radius 2 is 2.00 bits per heavy atom. The molecule has 0 spiro atoms. The van der Waals surface area contributed by atoms with Gasteiger partial charge in [0.1, 0.15) is 0 Å². The summed E-state index contributed by atoms with van der Waals surface area (Å²) < 4.78 is 0. The molecule has 0 amide bonds. The molecule has 0 radical (unpaired) electrons. The first-order valence-electron chi connectivity index (χ1n) is 8.16. The van der Waals surface area contributed by atoms with Gasteiger partial charge < -0.3 is 10.2 Å². The van der Waals surface area contributed by atoms with Gasteiger partial charge in [0.15, 0.2) is 0 Å². The fraction of sp³-hybridized carbons (Fsp3) is 0.706. The molecule has 3 nitrogen and oxygen atoms in total. The largest absolute Gasteiger partial charge is 0.370 e. The van der Waals surface area contributed by atoms with E-state index in [4.69, 9.17) is 0 Å². The van der Waals surface area contributed by atoms with Gasteiger partial charge in [-0.2, -0.15) is 0 Å². The van der Waals surface area contributed by atoms with Crippen LogP contribution >= 0.6 is 0 Å². The second kappa shape index (κ2) is 6.13. The first-order chi connectivity index (χ1) is 9.78. The first-order valence-corrected chi connectivity index (χ1v) is 8.16. The Kier molecular flexibility index (Phi) is 4.25. The number of hydrogen-bond donors (Lipinski definition) is 1. The Morgan fingerprint density at radius 1 is 1.20 bits per heavy atom. The lowest BCUT2D eigenvalue weighted by Crippen LogP contribution is -2.41. The standard InChI is InChI=1S/C17H27N3/c1-13(18-2)17-8-7-16(11-19-17)20-10-9-14-5-3-4-6-15(14)12-20/h7-8,11,13-15,18H,3-6,9-10,12H2,1-2H3.